The number of amides is 1. The van der Waals surface area contributed by atoms with Crippen molar-refractivity contribution < 1.29 is 14.5 Å². The van der Waals surface area contributed by atoms with Crippen molar-refractivity contribution in [1.29, 1.82) is 5.26 Å². The van der Waals surface area contributed by atoms with Crippen molar-refractivity contribution in [3.63, 3.8) is 0 Å². The number of nitrogens with zero attached hydrogens (tertiary/aromatic N) is 2. The lowest BCUT2D eigenvalue weighted by Gasteiger charge is -2.09. The van der Waals surface area contributed by atoms with Crippen molar-refractivity contribution in [3.8, 4) is 11.8 Å². The minimum absolute atomic E-state index is 0.105. The van der Waals surface area contributed by atoms with Gasteiger partial charge in [0.1, 0.15) is 17.4 Å². The summed E-state index contributed by atoms with van der Waals surface area (Å²) in [6.07, 6.45) is 1.32. The van der Waals surface area contributed by atoms with Gasteiger partial charge in [-0.25, -0.2) is 0 Å². The third-order valence-electron chi connectivity index (χ3n) is 4.46. The number of nitrogens with one attached hydrogen (secondary N) is 1. The summed E-state index contributed by atoms with van der Waals surface area (Å²) in [6, 6.07) is 20.9. The molecule has 3 aromatic rings. The van der Waals surface area contributed by atoms with Crippen LogP contribution in [0.2, 0.25) is 0 Å². The minimum atomic E-state index is -0.641. The molecule has 32 heavy (non-hydrogen) atoms. The molecule has 0 fully saturated rings. The Morgan fingerprint density at radius 1 is 1.16 bits per heavy atom. The summed E-state index contributed by atoms with van der Waals surface area (Å²) >= 11 is 1.28. The summed E-state index contributed by atoms with van der Waals surface area (Å²) in [4.78, 5) is 25.1. The number of ether oxygens (including phenoxy) is 1. The molecule has 0 bridgehead atoms. The van der Waals surface area contributed by atoms with Crippen molar-refractivity contribution in [2.45, 2.75) is 16.7 Å². The normalized spacial score (nSPS) is 10.8. The number of nitro groups is 1. The van der Waals surface area contributed by atoms with Crippen LogP contribution in [-0.2, 0) is 4.79 Å². The summed E-state index contributed by atoms with van der Waals surface area (Å²) in [5, 5.41) is 23.7. The Bertz CT molecular complexity index is 1230. The number of rotatable bonds is 7. The van der Waals surface area contributed by atoms with Gasteiger partial charge in [0, 0.05) is 11.0 Å². The standard InChI is InChI=1S/C24H19N3O4S/c1-16-7-10-19(11-8-16)32-23-12-9-17(14-21(23)27(29)30)13-18(15-25)24(28)26-20-5-3-4-6-22(20)31-2/h3-14H,1-2H3,(H,26,28). The number of para-hydroxylation sites is 2. The van der Waals surface area contributed by atoms with Crippen LogP contribution in [0.1, 0.15) is 11.1 Å². The smallest absolute Gasteiger partial charge is 0.283 e. The van der Waals surface area contributed by atoms with Crippen LogP contribution in [0.15, 0.2) is 82.1 Å². The van der Waals surface area contributed by atoms with Crippen LogP contribution in [-0.4, -0.2) is 17.9 Å². The van der Waals surface area contributed by atoms with Gasteiger partial charge >= 0.3 is 0 Å². The summed E-state index contributed by atoms with van der Waals surface area (Å²) in [5.41, 5.74) is 1.59. The van der Waals surface area contributed by atoms with Crippen molar-refractivity contribution in [2.75, 3.05) is 12.4 Å². The largest absolute Gasteiger partial charge is 0.495 e. The molecule has 0 heterocycles. The van der Waals surface area contributed by atoms with E-state index < -0.39 is 10.8 Å². The molecular formula is C24H19N3O4S. The van der Waals surface area contributed by atoms with E-state index >= 15 is 0 Å². The maximum absolute atomic E-state index is 12.6. The topological polar surface area (TPSA) is 105 Å². The highest BCUT2D eigenvalue weighted by Crippen LogP contribution is 2.36. The molecule has 0 aliphatic heterocycles. The zero-order valence-electron chi connectivity index (χ0n) is 17.4. The van der Waals surface area contributed by atoms with Gasteiger partial charge in [-0.05, 0) is 48.9 Å². The SMILES string of the molecule is COc1ccccc1NC(=O)C(C#N)=Cc1ccc(Sc2ccc(C)cc2)c([N+](=O)[O-])c1. The molecule has 3 aromatic carbocycles. The molecule has 8 heteroatoms. The molecule has 160 valence electrons. The van der Waals surface area contributed by atoms with Crippen molar-refractivity contribution >= 4 is 35.1 Å². The fraction of sp³-hybridized carbons (Fsp3) is 0.0833. The summed E-state index contributed by atoms with van der Waals surface area (Å²) in [6.45, 7) is 1.97. The molecule has 0 aliphatic rings. The summed E-state index contributed by atoms with van der Waals surface area (Å²) in [5.74, 6) is -0.191. The van der Waals surface area contributed by atoms with Gasteiger partial charge in [-0.1, -0.05) is 47.7 Å². The highest BCUT2D eigenvalue weighted by Gasteiger charge is 2.17. The molecule has 0 saturated carbocycles. The van der Waals surface area contributed by atoms with Gasteiger partial charge in [-0.15, -0.1) is 0 Å². The highest BCUT2D eigenvalue weighted by atomic mass is 32.2. The first kappa shape index (κ1) is 22.6. The maximum Gasteiger partial charge on any atom is 0.283 e. The average Bonchev–Trinajstić information content (AvgIpc) is 2.79. The molecule has 7 nitrogen and oxygen atoms in total. The van der Waals surface area contributed by atoms with E-state index in [9.17, 15) is 20.2 Å². The maximum atomic E-state index is 12.6. The fourth-order valence-corrected chi connectivity index (χ4v) is 3.74. The van der Waals surface area contributed by atoms with Crippen molar-refractivity contribution in [2.24, 2.45) is 0 Å². The number of anilines is 1. The van der Waals surface area contributed by atoms with E-state index in [1.165, 1.54) is 31.0 Å². The second-order valence-electron chi connectivity index (χ2n) is 6.72. The van der Waals surface area contributed by atoms with Crippen LogP contribution in [0.4, 0.5) is 11.4 Å². The number of aryl methyl sites for hydroxylation is 1. The van der Waals surface area contributed by atoms with Crippen LogP contribution in [0, 0.1) is 28.4 Å². The van der Waals surface area contributed by atoms with Crippen LogP contribution in [0.5, 0.6) is 5.75 Å². The zero-order chi connectivity index (χ0) is 23.1. The fourth-order valence-electron chi connectivity index (χ4n) is 2.84. The number of benzene rings is 3. The highest BCUT2D eigenvalue weighted by molar-refractivity contribution is 7.99. The zero-order valence-corrected chi connectivity index (χ0v) is 18.2. The quantitative estimate of drug-likeness (QED) is 0.219. The van der Waals surface area contributed by atoms with Crippen LogP contribution in [0.25, 0.3) is 6.08 Å². The first-order valence-corrected chi connectivity index (χ1v) is 10.3. The third-order valence-corrected chi connectivity index (χ3v) is 5.53. The Morgan fingerprint density at radius 3 is 2.53 bits per heavy atom. The lowest BCUT2D eigenvalue weighted by Crippen LogP contribution is -2.14. The lowest BCUT2D eigenvalue weighted by atomic mass is 10.1. The molecule has 0 unspecified atom stereocenters. The van der Waals surface area contributed by atoms with Crippen LogP contribution < -0.4 is 10.1 Å². The number of nitro benzene ring substituents is 1. The molecule has 3 rings (SSSR count). The predicted molar refractivity (Wildman–Crippen MR) is 124 cm³/mol. The number of carbonyl (C=O) groups excluding carboxylic acids is 1. The van der Waals surface area contributed by atoms with E-state index in [0.29, 0.717) is 21.9 Å². The van der Waals surface area contributed by atoms with Crippen LogP contribution in [0.3, 0.4) is 0 Å². The van der Waals surface area contributed by atoms with Gasteiger partial charge in [0.25, 0.3) is 11.6 Å². The first-order chi connectivity index (χ1) is 15.4. The molecule has 0 saturated heterocycles. The lowest BCUT2D eigenvalue weighted by molar-refractivity contribution is -0.387. The van der Waals surface area contributed by atoms with Gasteiger partial charge in [-0.3, -0.25) is 14.9 Å². The van der Waals surface area contributed by atoms with Crippen molar-refractivity contribution in [3.05, 3.63) is 93.5 Å². The number of methoxy groups -OCH3 is 1. The first-order valence-electron chi connectivity index (χ1n) is 9.50. The number of hydrogen-bond donors (Lipinski definition) is 1. The van der Waals surface area contributed by atoms with E-state index in [1.807, 2.05) is 37.3 Å². The van der Waals surface area contributed by atoms with E-state index in [0.717, 1.165) is 10.5 Å². The minimum Gasteiger partial charge on any atom is -0.495 e. The van der Waals surface area contributed by atoms with Gasteiger partial charge in [-0.2, -0.15) is 5.26 Å². The van der Waals surface area contributed by atoms with Gasteiger partial charge < -0.3 is 10.1 Å². The number of nitriles is 1. The molecule has 0 aliphatic carbocycles. The molecule has 1 amide bonds. The van der Waals surface area contributed by atoms with E-state index in [-0.39, 0.29) is 11.3 Å². The second kappa shape index (κ2) is 10.3. The number of carbonyl (C=O) groups is 1. The Kier molecular flexibility index (Phi) is 7.26. The second-order valence-corrected chi connectivity index (χ2v) is 7.84. The average molecular weight is 446 g/mol. The Labute approximate surface area is 189 Å². The third kappa shape index (κ3) is 5.53. The Balaban J connectivity index is 1.87. The van der Waals surface area contributed by atoms with Crippen molar-refractivity contribution in [1.82, 2.24) is 0 Å². The Hall–Kier alpha value is -4.09. The molecule has 0 spiro atoms. The van der Waals surface area contributed by atoms with E-state index in [4.69, 9.17) is 4.74 Å². The Morgan fingerprint density at radius 2 is 1.88 bits per heavy atom. The molecule has 1 N–H and O–H groups in total. The monoisotopic (exact) mass is 445 g/mol. The molecule has 0 aromatic heterocycles. The number of hydrogen-bond acceptors (Lipinski definition) is 6. The summed E-state index contributed by atoms with van der Waals surface area (Å²) in [7, 11) is 1.47. The van der Waals surface area contributed by atoms with E-state index in [2.05, 4.69) is 5.32 Å². The predicted octanol–water partition coefficient (Wildman–Crippen LogP) is 5.61. The van der Waals surface area contributed by atoms with Gasteiger partial charge in [0.05, 0.1) is 22.6 Å². The van der Waals surface area contributed by atoms with E-state index in [1.54, 1.807) is 36.4 Å². The van der Waals surface area contributed by atoms with Gasteiger partial charge in [0.15, 0.2) is 0 Å². The van der Waals surface area contributed by atoms with Crippen LogP contribution >= 0.6 is 11.8 Å². The summed E-state index contributed by atoms with van der Waals surface area (Å²) < 4.78 is 5.19. The molecular weight excluding hydrogens is 426 g/mol. The molecule has 0 radical (unpaired) electrons. The molecule has 0 atom stereocenters. The van der Waals surface area contributed by atoms with Gasteiger partial charge in [0.2, 0.25) is 0 Å².